The minimum Gasteiger partial charge on any atom is -0.361 e. The number of hydrogen-bond acceptors (Lipinski definition) is 5. The van der Waals surface area contributed by atoms with Crippen LogP contribution in [-0.2, 0) is 26.4 Å². The van der Waals surface area contributed by atoms with Crippen molar-refractivity contribution in [2.24, 2.45) is 13.0 Å². The monoisotopic (exact) mass is 461 g/mol. The van der Waals surface area contributed by atoms with Crippen LogP contribution in [0.25, 0.3) is 10.9 Å². The zero-order chi connectivity index (χ0) is 22.8. The Morgan fingerprint density at radius 3 is 3.03 bits per heavy atom. The lowest BCUT2D eigenvalue weighted by molar-refractivity contribution is 0.0962. The lowest BCUT2D eigenvalue weighted by atomic mass is 9.89. The minimum absolute atomic E-state index is 0.221. The first-order chi connectivity index (χ1) is 16.1. The number of ketones is 1. The van der Waals surface area contributed by atoms with Crippen LogP contribution in [0.3, 0.4) is 0 Å². The number of H-pyrrole nitrogens is 1. The van der Waals surface area contributed by atoms with Crippen molar-refractivity contribution in [2.75, 3.05) is 11.4 Å². The molecule has 1 aliphatic rings. The number of aromatic nitrogens is 4. The van der Waals surface area contributed by atoms with Gasteiger partial charge in [0.05, 0.1) is 17.3 Å². The SMILES string of the molecule is CCCCC(CC(=O)c1cnc(N2CCc3c(cnn3C)C2)s1)Cc1c[nH]c2ccccc12. The van der Waals surface area contributed by atoms with Gasteiger partial charge < -0.3 is 9.88 Å². The number of rotatable bonds is 9. The number of aromatic amines is 1. The van der Waals surface area contributed by atoms with Crippen LogP contribution in [0.4, 0.5) is 5.13 Å². The van der Waals surface area contributed by atoms with E-state index in [-0.39, 0.29) is 5.78 Å². The Labute approximate surface area is 198 Å². The molecule has 0 saturated heterocycles. The zero-order valence-electron chi connectivity index (χ0n) is 19.4. The molecule has 1 N–H and O–H groups in total. The van der Waals surface area contributed by atoms with Crippen LogP contribution < -0.4 is 4.90 Å². The zero-order valence-corrected chi connectivity index (χ0v) is 20.2. The summed E-state index contributed by atoms with van der Waals surface area (Å²) in [5.74, 6) is 0.564. The normalized spacial score (nSPS) is 14.5. The number of fused-ring (bicyclic) bond motifs is 2. The van der Waals surface area contributed by atoms with Gasteiger partial charge in [-0.05, 0) is 30.4 Å². The standard InChI is InChI=1S/C26H31N5OS/c1-3-4-7-18(12-19-14-27-22-9-6-5-8-21(19)22)13-24(32)25-16-28-26(33-25)31-11-10-23-20(17-31)15-29-30(23)2/h5-6,8-9,14-16,18,27H,3-4,7,10-13,17H2,1-2H3. The van der Waals surface area contributed by atoms with Gasteiger partial charge in [0.25, 0.3) is 0 Å². The van der Waals surface area contributed by atoms with E-state index in [0.717, 1.165) is 55.2 Å². The Hall–Kier alpha value is -2.93. The molecule has 0 saturated carbocycles. The smallest absolute Gasteiger partial charge is 0.186 e. The summed E-state index contributed by atoms with van der Waals surface area (Å²) in [6.45, 7) is 3.93. The van der Waals surface area contributed by atoms with E-state index in [2.05, 4.69) is 57.4 Å². The second-order valence-corrected chi connectivity index (χ2v) is 10.1. The molecule has 0 spiro atoms. The molecule has 3 aromatic heterocycles. The summed E-state index contributed by atoms with van der Waals surface area (Å²) < 4.78 is 1.97. The predicted molar refractivity (Wildman–Crippen MR) is 134 cm³/mol. The molecule has 0 aliphatic carbocycles. The van der Waals surface area contributed by atoms with E-state index < -0.39 is 0 Å². The van der Waals surface area contributed by atoms with Crippen molar-refractivity contribution in [2.45, 2.75) is 52.0 Å². The van der Waals surface area contributed by atoms with Crippen molar-refractivity contribution in [3.05, 3.63) is 64.6 Å². The number of nitrogens with one attached hydrogen (secondary N) is 1. The van der Waals surface area contributed by atoms with E-state index in [9.17, 15) is 4.79 Å². The molecule has 172 valence electrons. The number of thiazole rings is 1. The molecule has 6 nitrogen and oxygen atoms in total. The molecule has 5 rings (SSSR count). The van der Waals surface area contributed by atoms with Crippen molar-refractivity contribution >= 4 is 33.2 Å². The number of Topliss-reactive ketones (excluding diaryl/α,β-unsaturated/α-hetero) is 1. The fraction of sp³-hybridized carbons (Fsp3) is 0.423. The second-order valence-electron chi connectivity index (χ2n) is 9.12. The number of unbranched alkanes of at least 4 members (excludes halogenated alkanes) is 1. The quantitative estimate of drug-likeness (QED) is 0.332. The van der Waals surface area contributed by atoms with Crippen LogP contribution in [0.15, 0.2) is 42.9 Å². The molecule has 4 heterocycles. The molecule has 1 unspecified atom stereocenters. The highest BCUT2D eigenvalue weighted by Crippen LogP contribution is 2.31. The third-order valence-corrected chi connectivity index (χ3v) is 7.89. The average Bonchev–Trinajstić information content (AvgIpc) is 3.57. The lowest BCUT2D eigenvalue weighted by Crippen LogP contribution is -2.30. The molecule has 1 atom stereocenters. The van der Waals surface area contributed by atoms with Crippen LogP contribution >= 0.6 is 11.3 Å². The van der Waals surface area contributed by atoms with Gasteiger partial charge in [0.2, 0.25) is 0 Å². The summed E-state index contributed by atoms with van der Waals surface area (Å²) in [5, 5.41) is 6.59. The maximum Gasteiger partial charge on any atom is 0.186 e. The molecule has 0 fully saturated rings. The van der Waals surface area contributed by atoms with Gasteiger partial charge in [-0.15, -0.1) is 0 Å². The van der Waals surface area contributed by atoms with Gasteiger partial charge in [0, 0.05) is 61.3 Å². The number of benzene rings is 1. The summed E-state index contributed by atoms with van der Waals surface area (Å²) in [6, 6.07) is 8.42. The molecule has 33 heavy (non-hydrogen) atoms. The Bertz CT molecular complexity index is 1250. The van der Waals surface area contributed by atoms with Crippen molar-refractivity contribution < 1.29 is 4.79 Å². The molecule has 0 amide bonds. The number of anilines is 1. The van der Waals surface area contributed by atoms with E-state index in [1.54, 1.807) is 6.20 Å². The van der Waals surface area contributed by atoms with Crippen LogP contribution in [0.1, 0.15) is 59.1 Å². The van der Waals surface area contributed by atoms with Gasteiger partial charge in [-0.25, -0.2) is 4.98 Å². The first-order valence-corrected chi connectivity index (χ1v) is 12.7. The van der Waals surface area contributed by atoms with E-state index in [1.807, 2.05) is 17.9 Å². The van der Waals surface area contributed by atoms with E-state index in [4.69, 9.17) is 0 Å². The minimum atomic E-state index is 0.221. The Morgan fingerprint density at radius 1 is 1.27 bits per heavy atom. The van der Waals surface area contributed by atoms with E-state index in [0.29, 0.717) is 12.3 Å². The Morgan fingerprint density at radius 2 is 2.15 bits per heavy atom. The fourth-order valence-corrected chi connectivity index (χ4v) is 5.82. The molecular weight excluding hydrogens is 430 g/mol. The molecular formula is C26H31N5OS. The molecule has 0 radical (unpaired) electrons. The largest absolute Gasteiger partial charge is 0.361 e. The molecule has 1 aliphatic heterocycles. The molecule has 4 aromatic rings. The van der Waals surface area contributed by atoms with Gasteiger partial charge in [-0.1, -0.05) is 49.3 Å². The highest BCUT2D eigenvalue weighted by molar-refractivity contribution is 7.17. The average molecular weight is 462 g/mol. The maximum atomic E-state index is 13.2. The Kier molecular flexibility index (Phi) is 6.31. The van der Waals surface area contributed by atoms with Gasteiger partial charge in [-0.2, -0.15) is 5.10 Å². The van der Waals surface area contributed by atoms with Gasteiger partial charge in [-0.3, -0.25) is 9.48 Å². The predicted octanol–water partition coefficient (Wildman–Crippen LogP) is 5.54. The van der Waals surface area contributed by atoms with E-state index >= 15 is 0 Å². The van der Waals surface area contributed by atoms with Gasteiger partial charge >= 0.3 is 0 Å². The van der Waals surface area contributed by atoms with Crippen molar-refractivity contribution in [3.8, 4) is 0 Å². The Balaban J connectivity index is 1.27. The lowest BCUT2D eigenvalue weighted by Gasteiger charge is -2.26. The summed E-state index contributed by atoms with van der Waals surface area (Å²) in [4.78, 5) is 24.3. The molecule has 7 heteroatoms. The molecule has 0 bridgehead atoms. The third kappa shape index (κ3) is 4.60. The third-order valence-electron chi connectivity index (χ3n) is 6.79. The number of nitrogens with zero attached hydrogens (tertiary/aromatic N) is 4. The number of carbonyl (C=O) groups excluding carboxylic acids is 1. The first-order valence-electron chi connectivity index (χ1n) is 11.9. The highest BCUT2D eigenvalue weighted by Gasteiger charge is 2.24. The van der Waals surface area contributed by atoms with Crippen molar-refractivity contribution in [1.29, 1.82) is 0 Å². The number of aryl methyl sites for hydroxylation is 1. The summed E-state index contributed by atoms with van der Waals surface area (Å²) >= 11 is 1.54. The van der Waals surface area contributed by atoms with Crippen molar-refractivity contribution in [1.82, 2.24) is 19.7 Å². The van der Waals surface area contributed by atoms with Crippen LogP contribution in [0.5, 0.6) is 0 Å². The molecule has 1 aromatic carbocycles. The second kappa shape index (κ2) is 9.51. The summed E-state index contributed by atoms with van der Waals surface area (Å²) in [7, 11) is 2.00. The van der Waals surface area contributed by atoms with Crippen LogP contribution in [-0.4, -0.2) is 32.1 Å². The first kappa shape index (κ1) is 21.9. The highest BCUT2D eigenvalue weighted by atomic mass is 32.1. The van der Waals surface area contributed by atoms with Gasteiger partial charge in [0.1, 0.15) is 0 Å². The summed E-state index contributed by atoms with van der Waals surface area (Å²) in [6.07, 6.45) is 11.7. The van der Waals surface area contributed by atoms with Crippen molar-refractivity contribution in [3.63, 3.8) is 0 Å². The fourth-order valence-electron chi connectivity index (χ4n) is 4.93. The number of carbonyl (C=O) groups is 1. The topological polar surface area (TPSA) is 66.8 Å². The number of hydrogen-bond donors (Lipinski definition) is 1. The van der Waals surface area contributed by atoms with Crippen LogP contribution in [0, 0.1) is 5.92 Å². The maximum absolute atomic E-state index is 13.2. The number of para-hydroxylation sites is 1. The van der Waals surface area contributed by atoms with Gasteiger partial charge in [0.15, 0.2) is 10.9 Å². The van der Waals surface area contributed by atoms with Crippen LogP contribution in [0.2, 0.25) is 0 Å². The summed E-state index contributed by atoms with van der Waals surface area (Å²) in [5.41, 5.74) is 5.03. The van der Waals surface area contributed by atoms with E-state index in [1.165, 1.54) is 39.1 Å².